The third kappa shape index (κ3) is 3.20. The molecule has 0 unspecified atom stereocenters. The van der Waals surface area contributed by atoms with Gasteiger partial charge in [0.25, 0.3) is 0 Å². The van der Waals surface area contributed by atoms with Gasteiger partial charge in [0.1, 0.15) is 0 Å². The van der Waals surface area contributed by atoms with Gasteiger partial charge in [0.2, 0.25) is 5.82 Å². The minimum absolute atomic E-state index is 0.0212. The van der Waals surface area contributed by atoms with Crippen LogP contribution < -0.4 is 4.74 Å². The van der Waals surface area contributed by atoms with Crippen LogP contribution in [0.15, 0.2) is 24.8 Å². The summed E-state index contributed by atoms with van der Waals surface area (Å²) in [5.41, 5.74) is 0.494. The summed E-state index contributed by atoms with van der Waals surface area (Å²) in [6.07, 6.45) is 6.53. The van der Waals surface area contributed by atoms with E-state index in [9.17, 15) is 8.78 Å². The lowest BCUT2D eigenvalue weighted by molar-refractivity contribution is 0.292. The van der Waals surface area contributed by atoms with Gasteiger partial charge in [-0.3, -0.25) is 0 Å². The van der Waals surface area contributed by atoms with Crippen LogP contribution in [-0.2, 0) is 0 Å². The van der Waals surface area contributed by atoms with Gasteiger partial charge in [-0.2, -0.15) is 4.39 Å². The van der Waals surface area contributed by atoms with Crippen molar-refractivity contribution in [1.29, 1.82) is 0 Å². The van der Waals surface area contributed by atoms with Gasteiger partial charge in [-0.1, -0.05) is 19.1 Å². The molecule has 1 aromatic rings. The Morgan fingerprint density at radius 2 is 1.90 bits per heavy atom. The van der Waals surface area contributed by atoms with E-state index >= 15 is 0 Å². The van der Waals surface area contributed by atoms with Gasteiger partial charge in [-0.15, -0.1) is 6.58 Å². The monoisotopic (exact) mass is 280 g/mol. The fourth-order valence-electron chi connectivity index (χ4n) is 2.85. The number of allylic oxidation sites excluding steroid dienone is 1. The van der Waals surface area contributed by atoms with Crippen LogP contribution in [0.2, 0.25) is 0 Å². The van der Waals surface area contributed by atoms with Crippen LogP contribution in [0.3, 0.4) is 0 Å². The Hall–Kier alpha value is -1.38. The predicted octanol–water partition coefficient (Wildman–Crippen LogP) is 5.21. The van der Waals surface area contributed by atoms with Gasteiger partial charge in [0, 0.05) is 0 Å². The highest BCUT2D eigenvalue weighted by Crippen LogP contribution is 2.38. The molecule has 1 saturated carbocycles. The molecule has 1 aliphatic carbocycles. The quantitative estimate of drug-likeness (QED) is 0.672. The summed E-state index contributed by atoms with van der Waals surface area (Å²) in [6.45, 7) is 6.14. The highest BCUT2D eigenvalue weighted by molar-refractivity contribution is 5.33. The molecule has 20 heavy (non-hydrogen) atoms. The number of hydrogen-bond acceptors (Lipinski definition) is 1. The Balaban J connectivity index is 2.13. The van der Waals surface area contributed by atoms with Crippen molar-refractivity contribution in [3.05, 3.63) is 42.0 Å². The summed E-state index contributed by atoms with van der Waals surface area (Å²) < 4.78 is 33.4. The third-order valence-corrected chi connectivity index (χ3v) is 4.08. The topological polar surface area (TPSA) is 9.23 Å². The number of rotatable bonds is 5. The maximum Gasteiger partial charge on any atom is 0.200 e. The Morgan fingerprint density at radius 1 is 1.20 bits per heavy atom. The number of hydrogen-bond donors (Lipinski definition) is 0. The molecule has 0 bridgehead atoms. The van der Waals surface area contributed by atoms with E-state index in [4.69, 9.17) is 4.74 Å². The van der Waals surface area contributed by atoms with Crippen LogP contribution >= 0.6 is 0 Å². The highest BCUT2D eigenvalue weighted by atomic mass is 19.2. The van der Waals surface area contributed by atoms with Crippen molar-refractivity contribution in [2.45, 2.75) is 44.9 Å². The molecule has 110 valence electrons. The summed E-state index contributed by atoms with van der Waals surface area (Å²) in [4.78, 5) is 0. The first-order valence-electron chi connectivity index (χ1n) is 7.40. The molecule has 0 amide bonds. The second-order valence-corrected chi connectivity index (χ2v) is 5.48. The molecule has 0 aromatic heterocycles. The Labute approximate surface area is 119 Å². The largest absolute Gasteiger partial charge is 0.490 e. The van der Waals surface area contributed by atoms with Crippen LogP contribution in [0.25, 0.3) is 0 Å². The summed E-state index contributed by atoms with van der Waals surface area (Å²) in [6, 6.07) is 3.24. The maximum atomic E-state index is 14.2. The minimum atomic E-state index is -0.846. The lowest BCUT2D eigenvalue weighted by Gasteiger charge is -2.27. The van der Waals surface area contributed by atoms with E-state index in [0.717, 1.165) is 32.1 Å². The molecule has 0 radical (unpaired) electrons. The zero-order chi connectivity index (χ0) is 14.5. The zero-order valence-corrected chi connectivity index (χ0v) is 12.0. The number of halogens is 2. The predicted molar refractivity (Wildman–Crippen MR) is 77.0 cm³/mol. The van der Waals surface area contributed by atoms with Crippen molar-refractivity contribution in [3.8, 4) is 5.75 Å². The zero-order valence-electron chi connectivity index (χ0n) is 12.0. The lowest BCUT2D eigenvalue weighted by atomic mass is 9.78. The first-order chi connectivity index (χ1) is 9.67. The number of benzene rings is 1. The second-order valence-electron chi connectivity index (χ2n) is 5.48. The molecular weight excluding hydrogens is 258 g/mol. The highest BCUT2D eigenvalue weighted by Gasteiger charge is 2.25. The molecule has 0 saturated heterocycles. The van der Waals surface area contributed by atoms with Crippen molar-refractivity contribution >= 4 is 0 Å². The van der Waals surface area contributed by atoms with Crippen LogP contribution in [-0.4, -0.2) is 6.61 Å². The Kier molecular flexibility index (Phi) is 5.16. The van der Waals surface area contributed by atoms with Crippen LogP contribution in [0.4, 0.5) is 8.78 Å². The molecular formula is C17H22F2O. The fourth-order valence-corrected chi connectivity index (χ4v) is 2.85. The van der Waals surface area contributed by atoms with Crippen molar-refractivity contribution in [2.75, 3.05) is 6.61 Å². The summed E-state index contributed by atoms with van der Waals surface area (Å²) in [5.74, 6) is -0.928. The van der Waals surface area contributed by atoms with E-state index in [1.165, 1.54) is 0 Å². The third-order valence-electron chi connectivity index (χ3n) is 4.08. The van der Waals surface area contributed by atoms with Gasteiger partial charge in [-0.25, -0.2) is 4.39 Å². The molecule has 0 heterocycles. The van der Waals surface area contributed by atoms with Gasteiger partial charge >= 0.3 is 0 Å². The fraction of sp³-hybridized carbons (Fsp3) is 0.529. The second kappa shape index (κ2) is 6.87. The molecule has 1 fully saturated rings. The van der Waals surface area contributed by atoms with E-state index in [-0.39, 0.29) is 11.7 Å². The molecule has 1 aliphatic rings. The van der Waals surface area contributed by atoms with E-state index in [0.29, 0.717) is 18.1 Å². The average molecular weight is 280 g/mol. The first-order valence-corrected chi connectivity index (χ1v) is 7.40. The van der Waals surface area contributed by atoms with Crippen LogP contribution in [0.5, 0.6) is 5.75 Å². The molecule has 2 rings (SSSR count). The molecule has 0 atom stereocenters. The minimum Gasteiger partial charge on any atom is -0.490 e. The van der Waals surface area contributed by atoms with Crippen molar-refractivity contribution < 1.29 is 13.5 Å². The molecule has 0 spiro atoms. The van der Waals surface area contributed by atoms with Crippen LogP contribution in [0, 0.1) is 17.6 Å². The smallest absolute Gasteiger partial charge is 0.200 e. The molecule has 0 N–H and O–H groups in total. The van der Waals surface area contributed by atoms with E-state index in [1.807, 2.05) is 13.0 Å². The Morgan fingerprint density at radius 3 is 2.50 bits per heavy atom. The van der Waals surface area contributed by atoms with Crippen molar-refractivity contribution in [2.24, 2.45) is 5.92 Å². The summed E-state index contributed by atoms with van der Waals surface area (Å²) >= 11 is 0. The van der Waals surface area contributed by atoms with Crippen LogP contribution in [0.1, 0.15) is 50.5 Å². The standard InChI is InChI=1S/C17H22F2O/c1-3-11-20-15-10-9-14(16(18)17(15)19)13-7-5-12(4-2)6-8-13/h4,9-10,12-13H,2-3,5-8,11H2,1H3. The van der Waals surface area contributed by atoms with Gasteiger partial charge in [0.05, 0.1) is 6.61 Å². The van der Waals surface area contributed by atoms with E-state index in [1.54, 1.807) is 12.1 Å². The van der Waals surface area contributed by atoms with Gasteiger partial charge in [-0.05, 0) is 55.6 Å². The molecule has 3 heteroatoms. The summed E-state index contributed by atoms with van der Waals surface area (Å²) in [5, 5.41) is 0. The molecule has 0 aliphatic heterocycles. The van der Waals surface area contributed by atoms with Gasteiger partial charge < -0.3 is 4.74 Å². The molecule has 1 nitrogen and oxygen atoms in total. The van der Waals surface area contributed by atoms with Gasteiger partial charge in [0.15, 0.2) is 11.6 Å². The normalized spacial score (nSPS) is 22.6. The summed E-state index contributed by atoms with van der Waals surface area (Å²) in [7, 11) is 0. The first kappa shape index (κ1) is 15.0. The maximum absolute atomic E-state index is 14.2. The SMILES string of the molecule is C=CC1CCC(c2ccc(OCCC)c(F)c2F)CC1. The van der Waals surface area contributed by atoms with Crippen molar-refractivity contribution in [3.63, 3.8) is 0 Å². The lowest BCUT2D eigenvalue weighted by Crippen LogP contribution is -2.13. The number of ether oxygens (including phenoxy) is 1. The molecule has 1 aromatic carbocycles. The average Bonchev–Trinajstić information content (AvgIpc) is 2.49. The Bertz CT molecular complexity index is 462. The van der Waals surface area contributed by atoms with E-state index in [2.05, 4.69) is 6.58 Å². The van der Waals surface area contributed by atoms with E-state index < -0.39 is 11.6 Å². The van der Waals surface area contributed by atoms with Crippen molar-refractivity contribution in [1.82, 2.24) is 0 Å².